The SMILES string of the molecule is Cc1ccc2cnn(CCC(=O)Nc3cccnc3)c2c1. The Labute approximate surface area is 122 Å². The standard InChI is InChI=1S/C16H16N4O/c1-12-4-5-13-10-18-20(15(13)9-12)8-6-16(21)19-14-3-2-7-17-11-14/h2-5,7,9-11H,6,8H2,1H3,(H,19,21). The predicted octanol–water partition coefficient (Wildman–Crippen LogP) is 2.77. The van der Waals surface area contributed by atoms with E-state index < -0.39 is 0 Å². The van der Waals surface area contributed by atoms with E-state index in [1.165, 1.54) is 5.56 Å². The van der Waals surface area contributed by atoms with Gasteiger partial charge in [0.05, 0.1) is 30.1 Å². The lowest BCUT2D eigenvalue weighted by atomic mass is 10.2. The van der Waals surface area contributed by atoms with E-state index in [4.69, 9.17) is 0 Å². The number of pyridine rings is 1. The van der Waals surface area contributed by atoms with Gasteiger partial charge < -0.3 is 5.32 Å². The summed E-state index contributed by atoms with van der Waals surface area (Å²) in [5, 5.41) is 8.25. The highest BCUT2D eigenvalue weighted by Gasteiger charge is 2.06. The van der Waals surface area contributed by atoms with E-state index in [2.05, 4.69) is 27.5 Å². The van der Waals surface area contributed by atoms with E-state index in [0.29, 0.717) is 18.7 Å². The molecule has 0 unspecified atom stereocenters. The first-order valence-electron chi connectivity index (χ1n) is 6.84. The highest BCUT2D eigenvalue weighted by molar-refractivity contribution is 5.90. The van der Waals surface area contributed by atoms with E-state index in [1.807, 2.05) is 29.9 Å². The van der Waals surface area contributed by atoms with Crippen molar-refractivity contribution >= 4 is 22.5 Å². The van der Waals surface area contributed by atoms with Gasteiger partial charge in [-0.3, -0.25) is 14.5 Å². The van der Waals surface area contributed by atoms with Crippen molar-refractivity contribution in [3.05, 3.63) is 54.5 Å². The molecule has 0 bridgehead atoms. The maximum absolute atomic E-state index is 11.9. The number of anilines is 1. The molecular formula is C16H16N4O. The normalized spacial score (nSPS) is 10.7. The van der Waals surface area contributed by atoms with Crippen LogP contribution >= 0.6 is 0 Å². The fraction of sp³-hybridized carbons (Fsp3) is 0.188. The third kappa shape index (κ3) is 3.08. The molecule has 0 aliphatic rings. The van der Waals surface area contributed by atoms with Crippen molar-refractivity contribution in [2.24, 2.45) is 0 Å². The number of aromatic nitrogens is 3. The van der Waals surface area contributed by atoms with Crippen LogP contribution in [0.4, 0.5) is 5.69 Å². The van der Waals surface area contributed by atoms with E-state index in [1.54, 1.807) is 18.5 Å². The molecule has 0 aliphatic heterocycles. The van der Waals surface area contributed by atoms with Crippen molar-refractivity contribution in [2.45, 2.75) is 19.9 Å². The number of aryl methyl sites for hydroxylation is 2. The number of hydrogen-bond acceptors (Lipinski definition) is 3. The van der Waals surface area contributed by atoms with Crippen LogP contribution in [-0.2, 0) is 11.3 Å². The first-order chi connectivity index (χ1) is 10.2. The van der Waals surface area contributed by atoms with Crippen LogP contribution in [-0.4, -0.2) is 20.7 Å². The number of fused-ring (bicyclic) bond motifs is 1. The average Bonchev–Trinajstić information content (AvgIpc) is 2.88. The summed E-state index contributed by atoms with van der Waals surface area (Å²) in [5.41, 5.74) is 2.96. The molecule has 1 aromatic carbocycles. The van der Waals surface area contributed by atoms with E-state index in [-0.39, 0.29) is 5.91 Å². The topological polar surface area (TPSA) is 59.8 Å². The van der Waals surface area contributed by atoms with Crippen LogP contribution in [0.25, 0.3) is 10.9 Å². The second kappa shape index (κ2) is 5.75. The fourth-order valence-electron chi connectivity index (χ4n) is 2.23. The van der Waals surface area contributed by atoms with Crippen LogP contribution in [0.5, 0.6) is 0 Å². The summed E-state index contributed by atoms with van der Waals surface area (Å²) in [4.78, 5) is 15.9. The molecule has 106 valence electrons. The van der Waals surface area contributed by atoms with Gasteiger partial charge in [-0.2, -0.15) is 5.10 Å². The average molecular weight is 280 g/mol. The van der Waals surface area contributed by atoms with E-state index >= 15 is 0 Å². The summed E-state index contributed by atoms with van der Waals surface area (Å²) in [6.07, 6.45) is 5.51. The molecule has 21 heavy (non-hydrogen) atoms. The van der Waals surface area contributed by atoms with Crippen molar-refractivity contribution < 1.29 is 4.79 Å². The highest BCUT2D eigenvalue weighted by atomic mass is 16.1. The molecule has 0 fully saturated rings. The summed E-state index contributed by atoms with van der Waals surface area (Å²) < 4.78 is 1.87. The number of amides is 1. The minimum absolute atomic E-state index is 0.0423. The summed E-state index contributed by atoms with van der Waals surface area (Å²) in [5.74, 6) is -0.0423. The highest BCUT2D eigenvalue weighted by Crippen LogP contribution is 2.15. The lowest BCUT2D eigenvalue weighted by molar-refractivity contribution is -0.116. The number of carbonyl (C=O) groups is 1. The van der Waals surface area contributed by atoms with Crippen LogP contribution in [0.2, 0.25) is 0 Å². The largest absolute Gasteiger partial charge is 0.325 e. The molecule has 3 rings (SSSR count). The van der Waals surface area contributed by atoms with Crippen molar-refractivity contribution in [3.63, 3.8) is 0 Å². The molecule has 0 radical (unpaired) electrons. The van der Waals surface area contributed by atoms with Gasteiger partial charge in [0.25, 0.3) is 0 Å². The molecule has 2 aromatic heterocycles. The van der Waals surface area contributed by atoms with Gasteiger partial charge in [-0.1, -0.05) is 12.1 Å². The van der Waals surface area contributed by atoms with Crippen LogP contribution in [0.3, 0.4) is 0 Å². The van der Waals surface area contributed by atoms with E-state index in [9.17, 15) is 4.79 Å². The van der Waals surface area contributed by atoms with Gasteiger partial charge in [0, 0.05) is 18.0 Å². The molecule has 1 N–H and O–H groups in total. The zero-order chi connectivity index (χ0) is 14.7. The van der Waals surface area contributed by atoms with Gasteiger partial charge in [-0.25, -0.2) is 0 Å². The first kappa shape index (κ1) is 13.3. The van der Waals surface area contributed by atoms with Gasteiger partial charge in [0.1, 0.15) is 0 Å². The minimum atomic E-state index is -0.0423. The Morgan fingerprint density at radius 1 is 1.29 bits per heavy atom. The lowest BCUT2D eigenvalue weighted by Crippen LogP contribution is -2.15. The molecule has 0 saturated heterocycles. The predicted molar refractivity (Wildman–Crippen MR) is 82.0 cm³/mol. The number of carbonyl (C=O) groups excluding carboxylic acids is 1. The zero-order valence-corrected chi connectivity index (χ0v) is 11.8. The first-order valence-corrected chi connectivity index (χ1v) is 6.84. The molecule has 2 heterocycles. The van der Waals surface area contributed by atoms with Crippen LogP contribution < -0.4 is 5.32 Å². The van der Waals surface area contributed by atoms with Crippen LogP contribution in [0.15, 0.2) is 48.9 Å². The quantitative estimate of drug-likeness (QED) is 0.799. The summed E-state index contributed by atoms with van der Waals surface area (Å²) in [6.45, 7) is 2.60. The molecule has 1 amide bonds. The molecule has 0 atom stereocenters. The molecular weight excluding hydrogens is 264 g/mol. The summed E-state index contributed by atoms with van der Waals surface area (Å²) in [7, 11) is 0. The van der Waals surface area contributed by atoms with Gasteiger partial charge in [0.15, 0.2) is 0 Å². The van der Waals surface area contributed by atoms with Gasteiger partial charge in [0.2, 0.25) is 5.91 Å². The number of rotatable bonds is 4. The Morgan fingerprint density at radius 3 is 3.00 bits per heavy atom. The lowest BCUT2D eigenvalue weighted by Gasteiger charge is -2.06. The van der Waals surface area contributed by atoms with Gasteiger partial charge >= 0.3 is 0 Å². The number of nitrogens with zero attached hydrogens (tertiary/aromatic N) is 3. The Hall–Kier alpha value is -2.69. The Kier molecular flexibility index (Phi) is 3.64. The third-order valence-electron chi connectivity index (χ3n) is 3.30. The van der Waals surface area contributed by atoms with Crippen molar-refractivity contribution in [1.29, 1.82) is 0 Å². The van der Waals surface area contributed by atoms with Crippen molar-refractivity contribution in [1.82, 2.24) is 14.8 Å². The molecule has 5 heteroatoms. The van der Waals surface area contributed by atoms with Gasteiger partial charge in [-0.15, -0.1) is 0 Å². The number of hydrogen-bond donors (Lipinski definition) is 1. The van der Waals surface area contributed by atoms with Crippen LogP contribution in [0.1, 0.15) is 12.0 Å². The van der Waals surface area contributed by atoms with Gasteiger partial charge in [-0.05, 0) is 30.7 Å². The summed E-state index contributed by atoms with van der Waals surface area (Å²) >= 11 is 0. The maximum atomic E-state index is 11.9. The van der Waals surface area contributed by atoms with Crippen molar-refractivity contribution in [3.8, 4) is 0 Å². The second-order valence-corrected chi connectivity index (χ2v) is 4.97. The molecule has 5 nitrogen and oxygen atoms in total. The third-order valence-corrected chi connectivity index (χ3v) is 3.30. The Bertz CT molecular complexity index is 764. The number of nitrogens with one attached hydrogen (secondary N) is 1. The number of benzene rings is 1. The molecule has 0 spiro atoms. The minimum Gasteiger partial charge on any atom is -0.325 e. The molecule has 0 aliphatic carbocycles. The monoisotopic (exact) mass is 280 g/mol. The molecule has 0 saturated carbocycles. The maximum Gasteiger partial charge on any atom is 0.226 e. The fourth-order valence-corrected chi connectivity index (χ4v) is 2.23. The summed E-state index contributed by atoms with van der Waals surface area (Å²) in [6, 6.07) is 9.80. The Morgan fingerprint density at radius 2 is 2.19 bits per heavy atom. The van der Waals surface area contributed by atoms with E-state index in [0.717, 1.165) is 10.9 Å². The van der Waals surface area contributed by atoms with Crippen molar-refractivity contribution in [2.75, 3.05) is 5.32 Å². The molecule has 3 aromatic rings. The Balaban J connectivity index is 1.66. The zero-order valence-electron chi connectivity index (χ0n) is 11.8. The smallest absolute Gasteiger partial charge is 0.226 e. The second-order valence-electron chi connectivity index (χ2n) is 4.97. The van der Waals surface area contributed by atoms with Crippen LogP contribution in [0, 0.1) is 6.92 Å².